The highest BCUT2D eigenvalue weighted by Crippen LogP contribution is 2.68. The molecule has 5 rings (SSSR count). The van der Waals surface area contributed by atoms with E-state index in [-0.39, 0.29) is 36.7 Å². The minimum atomic E-state index is -2.02. The minimum absolute atomic E-state index is 0.00495. The first-order chi connectivity index (χ1) is 23.1. The van der Waals surface area contributed by atoms with Crippen LogP contribution in [0.2, 0.25) is 0 Å². The molecule has 266 valence electrons. The molecule has 0 saturated heterocycles. The second kappa shape index (κ2) is 14.1. The van der Waals surface area contributed by atoms with E-state index in [0.717, 1.165) is 0 Å². The lowest BCUT2D eigenvalue weighted by molar-refractivity contribution is -0.492. The van der Waals surface area contributed by atoms with Gasteiger partial charge in [0.15, 0.2) is 29.9 Å². The van der Waals surface area contributed by atoms with Gasteiger partial charge in [0, 0.05) is 17.3 Å². The molecule has 8 atom stereocenters. The SMILES string of the molecule is C[C@]12C[C@H](O)C3(F)[C@@H](CCC4=CC(=O)C=C[C@@]43C)C1CCC2C(=O)COC(=O)NC(COC(=O)c1cccc(CCON(O)O)c1)C(=O)O. The van der Waals surface area contributed by atoms with Gasteiger partial charge in [-0.05, 0) is 86.6 Å². The third kappa shape index (κ3) is 6.90. The summed E-state index contributed by atoms with van der Waals surface area (Å²) in [4.78, 5) is 66.9. The molecule has 0 aliphatic heterocycles. The van der Waals surface area contributed by atoms with Crippen molar-refractivity contribution in [2.75, 3.05) is 19.8 Å². The number of aliphatic hydroxyl groups excluding tert-OH is 1. The molecule has 14 nitrogen and oxygen atoms in total. The lowest BCUT2D eigenvalue weighted by Gasteiger charge is -2.62. The van der Waals surface area contributed by atoms with Crippen LogP contribution in [-0.4, -0.2) is 93.3 Å². The Hall–Kier alpha value is -4.02. The fourth-order valence-electron chi connectivity index (χ4n) is 8.67. The number of hydrogen-bond acceptors (Lipinski definition) is 12. The Kier molecular flexibility index (Phi) is 10.4. The summed E-state index contributed by atoms with van der Waals surface area (Å²) in [6, 6.07) is 4.36. The van der Waals surface area contributed by atoms with Gasteiger partial charge in [0.1, 0.15) is 6.61 Å². The summed E-state index contributed by atoms with van der Waals surface area (Å²) in [6.07, 6.45) is 3.83. The number of ketones is 2. The van der Waals surface area contributed by atoms with Gasteiger partial charge < -0.3 is 25.0 Å². The first-order valence-corrected chi connectivity index (χ1v) is 16.2. The molecular weight excluding hydrogens is 647 g/mol. The number of carboxylic acid groups (broad SMARTS) is 1. The number of nitrogens with one attached hydrogen (secondary N) is 1. The van der Waals surface area contributed by atoms with Crippen LogP contribution in [0.25, 0.3) is 0 Å². The van der Waals surface area contributed by atoms with Gasteiger partial charge in [-0.15, -0.1) is 0 Å². The van der Waals surface area contributed by atoms with Crippen molar-refractivity contribution in [3.8, 4) is 0 Å². The highest BCUT2D eigenvalue weighted by atomic mass is 19.1. The standard InChI is InChI=1S/C34H41FN2O12/c1-32-16-28(40)34(35)24(7-6-21-15-22(38)10-12-33(21,34)2)23(32)8-9-25(32)27(39)18-48-31(44)36-26(29(41)42)17-47-30(43)20-5-3-4-19(14-20)11-13-49-37(45)46/h3-5,10,12,14-15,23-26,28,40,45-46H,6-9,11,13,16-18H2,1-2H3,(H,36,44)(H,41,42)/t23?,24-,25?,26?,28-,32-,33-,34?/m0/s1. The van der Waals surface area contributed by atoms with Crippen molar-refractivity contribution in [1.82, 2.24) is 10.7 Å². The number of halogens is 1. The predicted molar refractivity (Wildman–Crippen MR) is 165 cm³/mol. The molecule has 3 saturated carbocycles. The van der Waals surface area contributed by atoms with Gasteiger partial charge in [-0.3, -0.25) is 24.8 Å². The number of fused-ring (bicyclic) bond motifs is 5. The summed E-state index contributed by atoms with van der Waals surface area (Å²) in [7, 11) is 0. The predicted octanol–water partition coefficient (Wildman–Crippen LogP) is 3.13. The number of alkyl halides is 1. The summed E-state index contributed by atoms with van der Waals surface area (Å²) in [5, 5.41) is 39.9. The van der Waals surface area contributed by atoms with E-state index in [1.165, 1.54) is 30.4 Å². The molecule has 5 N–H and O–H groups in total. The van der Waals surface area contributed by atoms with Crippen LogP contribution in [0.1, 0.15) is 61.9 Å². The van der Waals surface area contributed by atoms with Crippen molar-refractivity contribution in [1.29, 1.82) is 0 Å². The Morgan fingerprint density at radius 3 is 2.57 bits per heavy atom. The van der Waals surface area contributed by atoms with Crippen LogP contribution in [-0.2, 0) is 35.1 Å². The number of benzene rings is 1. The Bertz CT molecular complexity index is 1560. The molecule has 1 amide bonds. The highest BCUT2D eigenvalue weighted by molar-refractivity contribution is 6.01. The maximum absolute atomic E-state index is 17.2. The number of nitrogens with zero attached hydrogens (tertiary/aromatic N) is 1. The lowest BCUT2D eigenvalue weighted by atomic mass is 9.45. The van der Waals surface area contributed by atoms with Crippen LogP contribution in [0.3, 0.4) is 0 Å². The monoisotopic (exact) mass is 688 g/mol. The average Bonchev–Trinajstić information content (AvgIpc) is 3.38. The highest BCUT2D eigenvalue weighted by Gasteiger charge is 2.70. The quantitative estimate of drug-likeness (QED) is 0.158. The third-order valence-electron chi connectivity index (χ3n) is 11.1. The van der Waals surface area contributed by atoms with Crippen molar-refractivity contribution in [3.63, 3.8) is 0 Å². The zero-order valence-electron chi connectivity index (χ0n) is 27.2. The number of carbonyl (C=O) groups excluding carboxylic acids is 4. The van der Waals surface area contributed by atoms with Gasteiger partial charge in [-0.2, -0.15) is 0 Å². The number of amides is 1. The minimum Gasteiger partial charge on any atom is -0.480 e. The van der Waals surface area contributed by atoms with Gasteiger partial charge in [0.05, 0.1) is 23.7 Å². The largest absolute Gasteiger partial charge is 0.480 e. The molecule has 4 aliphatic rings. The van der Waals surface area contributed by atoms with E-state index in [0.29, 0.717) is 36.8 Å². The van der Waals surface area contributed by atoms with E-state index in [1.807, 2.05) is 6.92 Å². The molecule has 0 radical (unpaired) electrons. The van der Waals surface area contributed by atoms with E-state index >= 15 is 4.39 Å². The van der Waals surface area contributed by atoms with Crippen LogP contribution < -0.4 is 5.32 Å². The molecule has 1 aromatic rings. The fraction of sp³-hybridized carbons (Fsp3) is 0.559. The smallest absolute Gasteiger partial charge is 0.408 e. The number of alkyl carbamates (subject to hydrolysis) is 1. The van der Waals surface area contributed by atoms with Gasteiger partial charge >= 0.3 is 18.0 Å². The van der Waals surface area contributed by atoms with E-state index in [4.69, 9.17) is 19.9 Å². The average molecular weight is 689 g/mol. The summed E-state index contributed by atoms with van der Waals surface area (Å²) in [5.41, 5.74) is -2.62. The van der Waals surface area contributed by atoms with Crippen molar-refractivity contribution < 1.29 is 63.3 Å². The number of ether oxygens (including phenoxy) is 2. The fourth-order valence-corrected chi connectivity index (χ4v) is 8.67. The number of rotatable bonds is 12. The molecule has 0 aromatic heterocycles. The maximum atomic E-state index is 17.2. The zero-order valence-corrected chi connectivity index (χ0v) is 27.2. The van der Waals surface area contributed by atoms with Crippen LogP contribution in [0, 0.1) is 28.6 Å². The summed E-state index contributed by atoms with van der Waals surface area (Å²) < 4.78 is 27.4. The number of allylic oxidation sites excluding steroid dienone is 4. The van der Waals surface area contributed by atoms with Gasteiger partial charge in [-0.25, -0.2) is 18.8 Å². The molecule has 3 fully saturated rings. The van der Waals surface area contributed by atoms with Crippen LogP contribution >= 0.6 is 0 Å². The molecule has 1 aromatic carbocycles. The van der Waals surface area contributed by atoms with Gasteiger partial charge in [-0.1, -0.05) is 30.7 Å². The zero-order chi connectivity index (χ0) is 35.7. The van der Waals surface area contributed by atoms with E-state index < -0.39 is 82.9 Å². The number of carbonyl (C=O) groups is 5. The second-order valence-electron chi connectivity index (χ2n) is 13.7. The van der Waals surface area contributed by atoms with Crippen molar-refractivity contribution in [2.24, 2.45) is 28.6 Å². The molecule has 0 heterocycles. The first-order valence-electron chi connectivity index (χ1n) is 16.2. The molecule has 0 bridgehead atoms. The lowest BCUT2D eigenvalue weighted by Crippen LogP contribution is -2.66. The van der Waals surface area contributed by atoms with Gasteiger partial charge in [0.25, 0.3) is 0 Å². The Labute approximate surface area is 281 Å². The van der Waals surface area contributed by atoms with E-state index in [9.17, 15) is 34.2 Å². The summed E-state index contributed by atoms with van der Waals surface area (Å²) >= 11 is 0. The van der Waals surface area contributed by atoms with Crippen LogP contribution in [0.5, 0.6) is 0 Å². The Balaban J connectivity index is 1.15. The molecule has 4 unspecified atom stereocenters. The summed E-state index contributed by atoms with van der Waals surface area (Å²) in [6.45, 7) is 2.04. The number of Topliss-reactive ketones (excluding diaryl/α,β-unsaturated/α-hetero) is 1. The normalized spacial score (nSPS) is 32.3. The van der Waals surface area contributed by atoms with Gasteiger partial charge in [0.2, 0.25) is 0 Å². The van der Waals surface area contributed by atoms with Crippen molar-refractivity contribution in [3.05, 3.63) is 59.2 Å². The first kappa shape index (κ1) is 36.3. The Morgan fingerprint density at radius 1 is 1.10 bits per heavy atom. The number of aliphatic hydroxyl groups is 1. The number of hydrogen-bond donors (Lipinski definition) is 5. The third-order valence-corrected chi connectivity index (χ3v) is 11.1. The maximum Gasteiger partial charge on any atom is 0.408 e. The van der Waals surface area contributed by atoms with Crippen molar-refractivity contribution >= 4 is 29.6 Å². The number of aliphatic carboxylic acids is 1. The molecule has 15 heteroatoms. The topological polar surface area (TPSA) is 209 Å². The van der Waals surface area contributed by atoms with Crippen LogP contribution in [0.15, 0.2) is 48.1 Å². The Morgan fingerprint density at radius 2 is 1.86 bits per heavy atom. The summed E-state index contributed by atoms with van der Waals surface area (Å²) in [5.74, 6) is -4.47. The molecule has 49 heavy (non-hydrogen) atoms. The second-order valence-corrected chi connectivity index (χ2v) is 13.7. The molecular formula is C34H41FN2O12. The molecule has 0 spiro atoms. The number of esters is 1. The number of carboxylic acids is 1. The van der Waals surface area contributed by atoms with E-state index in [1.54, 1.807) is 19.1 Å². The van der Waals surface area contributed by atoms with Crippen molar-refractivity contribution in [2.45, 2.75) is 70.2 Å². The molecule has 4 aliphatic carbocycles. The van der Waals surface area contributed by atoms with E-state index in [2.05, 4.69) is 10.2 Å². The van der Waals surface area contributed by atoms with Crippen LogP contribution in [0.4, 0.5) is 9.18 Å².